The Morgan fingerprint density at radius 1 is 1.06 bits per heavy atom. The van der Waals surface area contributed by atoms with E-state index in [1.54, 1.807) is 0 Å². The molecule has 0 aromatic heterocycles. The van der Waals surface area contributed by atoms with Crippen LogP contribution in [0.2, 0.25) is 0 Å². The maximum atomic E-state index is 11.0. The average molecular weight is 275 g/mol. The van der Waals surface area contributed by atoms with E-state index in [4.69, 9.17) is 0 Å². The van der Waals surface area contributed by atoms with Crippen molar-refractivity contribution in [1.29, 1.82) is 0 Å². The van der Waals surface area contributed by atoms with E-state index in [0.717, 1.165) is 4.47 Å². The molecule has 3 rings (SSSR count). The fraction of sp³-hybridized carbons (Fsp3) is 0.214. The summed E-state index contributed by atoms with van der Waals surface area (Å²) in [6.07, 6.45) is 1.41. The van der Waals surface area contributed by atoms with Gasteiger partial charge in [-0.15, -0.1) is 0 Å². The van der Waals surface area contributed by atoms with Gasteiger partial charge < -0.3 is 0 Å². The largest absolute Gasteiger partial charge is 0.300 e. The number of carbonyl (C=O) groups is 1. The van der Waals surface area contributed by atoms with Gasteiger partial charge in [0.15, 0.2) is 0 Å². The van der Waals surface area contributed by atoms with Crippen LogP contribution in [0, 0.1) is 0 Å². The number of hydrogen-bond donors (Lipinski definition) is 0. The van der Waals surface area contributed by atoms with E-state index in [2.05, 4.69) is 40.2 Å². The van der Waals surface area contributed by atoms with Crippen LogP contribution >= 0.6 is 15.9 Å². The highest BCUT2D eigenvalue weighted by atomic mass is 79.9. The van der Waals surface area contributed by atoms with Crippen molar-refractivity contribution >= 4 is 32.5 Å². The molecule has 1 saturated carbocycles. The second-order valence-corrected chi connectivity index (χ2v) is 5.13. The molecule has 0 bridgehead atoms. The third-order valence-corrected chi connectivity index (χ3v) is 4.17. The molecule has 0 aliphatic heterocycles. The van der Waals surface area contributed by atoms with Crippen LogP contribution in [0.15, 0.2) is 40.9 Å². The summed E-state index contributed by atoms with van der Waals surface area (Å²) in [5, 5.41) is 2.48. The molecule has 0 atom stereocenters. The number of rotatable bonds is 1. The summed E-state index contributed by atoms with van der Waals surface area (Å²) < 4.78 is 1.16. The van der Waals surface area contributed by atoms with Crippen molar-refractivity contribution in [2.75, 3.05) is 0 Å². The number of benzene rings is 2. The third kappa shape index (κ3) is 1.49. The molecule has 16 heavy (non-hydrogen) atoms. The van der Waals surface area contributed by atoms with Gasteiger partial charge in [0.05, 0.1) is 0 Å². The molecule has 0 amide bonds. The van der Waals surface area contributed by atoms with Crippen LogP contribution in [-0.4, -0.2) is 5.78 Å². The second kappa shape index (κ2) is 3.70. The third-order valence-electron chi connectivity index (χ3n) is 3.28. The minimum absolute atomic E-state index is 0.380. The molecular weight excluding hydrogens is 264 g/mol. The topological polar surface area (TPSA) is 17.1 Å². The molecule has 0 spiro atoms. The van der Waals surface area contributed by atoms with Crippen molar-refractivity contribution in [3.05, 3.63) is 46.4 Å². The predicted molar refractivity (Wildman–Crippen MR) is 68.6 cm³/mol. The van der Waals surface area contributed by atoms with Gasteiger partial charge in [-0.1, -0.05) is 36.4 Å². The molecule has 1 fully saturated rings. The first kappa shape index (κ1) is 10.0. The first-order valence-electron chi connectivity index (χ1n) is 5.44. The summed E-state index contributed by atoms with van der Waals surface area (Å²) in [6, 6.07) is 12.6. The zero-order valence-corrected chi connectivity index (χ0v) is 10.3. The molecular formula is C14H11BrO. The highest BCUT2D eigenvalue weighted by molar-refractivity contribution is 9.10. The van der Waals surface area contributed by atoms with Crippen molar-refractivity contribution in [2.24, 2.45) is 0 Å². The van der Waals surface area contributed by atoms with Crippen LogP contribution in [0.1, 0.15) is 24.3 Å². The van der Waals surface area contributed by atoms with Crippen molar-refractivity contribution in [3.8, 4) is 0 Å². The minimum Gasteiger partial charge on any atom is -0.300 e. The lowest BCUT2D eigenvalue weighted by Gasteiger charge is -2.26. The molecule has 1 aliphatic rings. The first-order chi connectivity index (χ1) is 7.75. The summed E-state index contributed by atoms with van der Waals surface area (Å²) >= 11 is 3.67. The number of hydrogen-bond acceptors (Lipinski definition) is 1. The van der Waals surface area contributed by atoms with Gasteiger partial charge in [0.25, 0.3) is 0 Å². The molecule has 0 unspecified atom stereocenters. The van der Waals surface area contributed by atoms with Crippen molar-refractivity contribution in [1.82, 2.24) is 0 Å². The summed E-state index contributed by atoms with van der Waals surface area (Å²) in [5.41, 5.74) is 1.28. The summed E-state index contributed by atoms with van der Waals surface area (Å²) in [6.45, 7) is 0. The van der Waals surface area contributed by atoms with Crippen LogP contribution in [0.5, 0.6) is 0 Å². The van der Waals surface area contributed by atoms with Crippen LogP contribution < -0.4 is 0 Å². The number of carbonyl (C=O) groups excluding carboxylic acids is 1. The van der Waals surface area contributed by atoms with E-state index in [-0.39, 0.29) is 0 Å². The summed E-state index contributed by atoms with van der Waals surface area (Å²) in [7, 11) is 0. The van der Waals surface area contributed by atoms with Gasteiger partial charge in [-0.25, -0.2) is 0 Å². The Balaban J connectivity index is 2.13. The minimum atomic E-state index is 0.380. The lowest BCUT2D eigenvalue weighted by atomic mass is 9.78. The van der Waals surface area contributed by atoms with E-state index < -0.39 is 0 Å². The maximum Gasteiger partial charge on any atom is 0.134 e. The molecule has 0 N–H and O–H groups in total. The van der Waals surface area contributed by atoms with Gasteiger partial charge in [0.1, 0.15) is 5.78 Å². The van der Waals surface area contributed by atoms with Crippen LogP contribution in [0.3, 0.4) is 0 Å². The molecule has 80 valence electrons. The molecule has 2 aromatic rings. The summed E-state index contributed by atoms with van der Waals surface area (Å²) in [5.74, 6) is 0.802. The highest BCUT2D eigenvalue weighted by Crippen LogP contribution is 2.40. The number of Topliss-reactive ketones (excluding diaryl/α,β-unsaturated/α-hetero) is 1. The maximum absolute atomic E-state index is 11.0. The normalized spacial score (nSPS) is 16.4. The Kier molecular flexibility index (Phi) is 2.32. The van der Waals surface area contributed by atoms with E-state index in [9.17, 15) is 4.79 Å². The zero-order valence-electron chi connectivity index (χ0n) is 8.74. The van der Waals surface area contributed by atoms with Crippen LogP contribution in [0.4, 0.5) is 0 Å². The van der Waals surface area contributed by atoms with Crippen LogP contribution in [0.25, 0.3) is 10.8 Å². The van der Waals surface area contributed by atoms with E-state index in [1.165, 1.54) is 16.3 Å². The highest BCUT2D eigenvalue weighted by Gasteiger charge is 2.29. The van der Waals surface area contributed by atoms with Crippen molar-refractivity contribution in [3.63, 3.8) is 0 Å². The number of ketones is 1. The molecule has 0 radical (unpaired) electrons. The Bertz CT molecular complexity index is 566. The van der Waals surface area contributed by atoms with E-state index >= 15 is 0 Å². The SMILES string of the molecule is O=C1CC(c2ccc3ccccc3c2Br)C1. The Labute approximate surface area is 103 Å². The smallest absolute Gasteiger partial charge is 0.134 e. The molecule has 2 heteroatoms. The quantitative estimate of drug-likeness (QED) is 0.767. The Hall–Kier alpha value is -1.15. The lowest BCUT2D eigenvalue weighted by molar-refractivity contribution is -0.124. The van der Waals surface area contributed by atoms with Gasteiger partial charge in [-0.2, -0.15) is 0 Å². The standard InChI is InChI=1S/C14H11BrO/c15-14-12-4-2-1-3-9(12)5-6-13(14)10-7-11(16)8-10/h1-6,10H,7-8H2. The molecule has 0 heterocycles. The van der Waals surface area contributed by atoms with Gasteiger partial charge in [0, 0.05) is 17.3 Å². The average Bonchev–Trinajstić information content (AvgIpc) is 2.27. The lowest BCUT2D eigenvalue weighted by Crippen LogP contribution is -2.21. The zero-order chi connectivity index (χ0) is 11.1. The Morgan fingerprint density at radius 3 is 2.56 bits per heavy atom. The number of fused-ring (bicyclic) bond motifs is 1. The van der Waals surface area contributed by atoms with Crippen LogP contribution in [-0.2, 0) is 4.79 Å². The molecule has 1 nitrogen and oxygen atoms in total. The number of halogens is 1. The summed E-state index contributed by atoms with van der Waals surface area (Å²) in [4.78, 5) is 11.0. The first-order valence-corrected chi connectivity index (χ1v) is 6.24. The fourth-order valence-corrected chi connectivity index (χ4v) is 3.09. The molecule has 0 saturated heterocycles. The van der Waals surface area contributed by atoms with Gasteiger partial charge in [-0.3, -0.25) is 4.79 Å². The monoisotopic (exact) mass is 274 g/mol. The fourth-order valence-electron chi connectivity index (χ4n) is 2.28. The van der Waals surface area contributed by atoms with Gasteiger partial charge >= 0.3 is 0 Å². The Morgan fingerprint density at radius 2 is 1.81 bits per heavy atom. The van der Waals surface area contributed by atoms with E-state index in [0.29, 0.717) is 24.5 Å². The second-order valence-electron chi connectivity index (χ2n) is 4.33. The molecule has 2 aromatic carbocycles. The van der Waals surface area contributed by atoms with Gasteiger partial charge in [-0.05, 0) is 38.2 Å². The molecule has 1 aliphatic carbocycles. The van der Waals surface area contributed by atoms with E-state index in [1.807, 2.05) is 12.1 Å². The van der Waals surface area contributed by atoms with Gasteiger partial charge in [0.2, 0.25) is 0 Å². The van der Waals surface area contributed by atoms with Crippen molar-refractivity contribution in [2.45, 2.75) is 18.8 Å². The van der Waals surface area contributed by atoms with Crippen molar-refractivity contribution < 1.29 is 4.79 Å². The predicted octanol–water partition coefficient (Wildman–Crippen LogP) is 4.05.